The monoisotopic (exact) mass is 557 g/mol. The molecule has 1 aliphatic rings. The maximum atomic E-state index is 12.3. The highest BCUT2D eigenvalue weighted by Crippen LogP contribution is 2.23. The van der Waals surface area contributed by atoms with E-state index in [1.165, 1.54) is 0 Å². The lowest BCUT2D eigenvalue weighted by molar-refractivity contribution is 0.353. The third-order valence-electron chi connectivity index (χ3n) is 4.78. The minimum absolute atomic E-state index is 0. The Bertz CT molecular complexity index is 885. The molecule has 1 aliphatic heterocycles. The molecule has 29 heavy (non-hydrogen) atoms. The van der Waals surface area contributed by atoms with Crippen LogP contribution >= 0.6 is 24.0 Å². The van der Waals surface area contributed by atoms with Gasteiger partial charge >= 0.3 is 0 Å². The molecule has 7 nitrogen and oxygen atoms in total. The molecule has 2 rings (SSSR count). The molecule has 0 radical (unpaired) electrons. The maximum absolute atomic E-state index is 12.3. The number of halogens is 1. The standard InChI is InChI=1S/C19H31N3O4S2.HI/c1-4-20-18(22-12-14-28(25,26)19(2,3)16-22)21-11-8-13-27(23,24)15-17-9-6-5-7-10-17;/h5-7,9-10H,4,8,11-16H2,1-3H3,(H,20,21);1H. The van der Waals surface area contributed by atoms with E-state index in [0.29, 0.717) is 38.6 Å². The van der Waals surface area contributed by atoms with Gasteiger partial charge in [-0.3, -0.25) is 4.99 Å². The molecule has 1 N–H and O–H groups in total. The molecule has 0 aromatic heterocycles. The summed E-state index contributed by atoms with van der Waals surface area (Å²) in [6.07, 6.45) is 0.430. The third kappa shape index (κ3) is 7.71. The van der Waals surface area contributed by atoms with Crippen LogP contribution in [0.1, 0.15) is 32.8 Å². The number of hydrogen-bond acceptors (Lipinski definition) is 5. The summed E-state index contributed by atoms with van der Waals surface area (Å²) in [6, 6.07) is 9.15. The summed E-state index contributed by atoms with van der Waals surface area (Å²) in [5.74, 6) is 0.849. The van der Waals surface area contributed by atoms with Gasteiger partial charge in [0.05, 0.1) is 22.0 Å². The van der Waals surface area contributed by atoms with Gasteiger partial charge in [-0.15, -0.1) is 24.0 Å². The topological polar surface area (TPSA) is 95.9 Å². The van der Waals surface area contributed by atoms with Gasteiger partial charge in [-0.2, -0.15) is 0 Å². The zero-order valence-electron chi connectivity index (χ0n) is 17.3. The number of hydrogen-bond donors (Lipinski definition) is 1. The van der Waals surface area contributed by atoms with E-state index in [2.05, 4.69) is 10.3 Å². The number of rotatable bonds is 7. The van der Waals surface area contributed by atoms with Crippen molar-refractivity contribution in [2.45, 2.75) is 37.7 Å². The summed E-state index contributed by atoms with van der Waals surface area (Å²) in [4.78, 5) is 6.48. The van der Waals surface area contributed by atoms with Gasteiger partial charge in [0.25, 0.3) is 0 Å². The summed E-state index contributed by atoms with van der Waals surface area (Å²) < 4.78 is 48.1. The van der Waals surface area contributed by atoms with E-state index >= 15 is 0 Å². The van der Waals surface area contributed by atoms with Gasteiger partial charge < -0.3 is 10.2 Å². The van der Waals surface area contributed by atoms with Crippen molar-refractivity contribution in [2.75, 3.05) is 37.7 Å². The second-order valence-corrected chi connectivity index (χ2v) is 12.6. The van der Waals surface area contributed by atoms with Crippen molar-refractivity contribution in [3.05, 3.63) is 35.9 Å². The van der Waals surface area contributed by atoms with Gasteiger partial charge in [-0.1, -0.05) is 30.3 Å². The SMILES string of the molecule is CCNC(=NCCCS(=O)(=O)Cc1ccccc1)N1CCS(=O)(=O)C(C)(C)C1.I. The highest BCUT2D eigenvalue weighted by molar-refractivity contribution is 14.0. The van der Waals surface area contributed by atoms with Crippen LogP contribution in [0.5, 0.6) is 0 Å². The number of guanidine groups is 1. The Kier molecular flexibility index (Phi) is 9.87. The Morgan fingerprint density at radius 3 is 2.48 bits per heavy atom. The fourth-order valence-corrected chi connectivity index (χ4v) is 5.90. The van der Waals surface area contributed by atoms with Crippen molar-refractivity contribution in [3.8, 4) is 0 Å². The first kappa shape index (κ1) is 26.2. The van der Waals surface area contributed by atoms with Crippen molar-refractivity contribution in [2.24, 2.45) is 4.99 Å². The first-order valence-electron chi connectivity index (χ1n) is 9.56. The van der Waals surface area contributed by atoms with E-state index in [1.54, 1.807) is 13.8 Å². The number of aliphatic imine (C=N–C) groups is 1. The van der Waals surface area contributed by atoms with Crippen molar-refractivity contribution >= 4 is 49.6 Å². The van der Waals surface area contributed by atoms with Crippen LogP contribution in [-0.2, 0) is 25.4 Å². The van der Waals surface area contributed by atoms with Crippen molar-refractivity contribution in [1.82, 2.24) is 10.2 Å². The average Bonchev–Trinajstić information content (AvgIpc) is 2.60. The molecule has 0 saturated carbocycles. The molecule has 0 amide bonds. The molecular formula is C19H32IN3O4S2. The Morgan fingerprint density at radius 1 is 1.24 bits per heavy atom. The molecule has 166 valence electrons. The molecule has 0 aliphatic carbocycles. The molecule has 1 aromatic carbocycles. The minimum Gasteiger partial charge on any atom is -0.357 e. The van der Waals surface area contributed by atoms with E-state index in [1.807, 2.05) is 42.2 Å². The maximum Gasteiger partial charge on any atom is 0.193 e. The van der Waals surface area contributed by atoms with Crippen molar-refractivity contribution in [1.29, 1.82) is 0 Å². The van der Waals surface area contributed by atoms with Crippen LogP contribution in [0, 0.1) is 0 Å². The first-order valence-corrected chi connectivity index (χ1v) is 13.0. The molecule has 1 aromatic rings. The van der Waals surface area contributed by atoms with E-state index in [0.717, 1.165) is 5.56 Å². The lowest BCUT2D eigenvalue weighted by atomic mass is 10.2. The molecular weight excluding hydrogens is 525 g/mol. The highest BCUT2D eigenvalue weighted by atomic mass is 127. The zero-order chi connectivity index (χ0) is 20.8. The van der Waals surface area contributed by atoms with Crippen LogP contribution in [0.3, 0.4) is 0 Å². The normalized spacial score (nSPS) is 18.7. The smallest absolute Gasteiger partial charge is 0.193 e. The summed E-state index contributed by atoms with van der Waals surface area (Å²) in [6.45, 7) is 7.21. The Morgan fingerprint density at radius 2 is 1.90 bits per heavy atom. The molecule has 0 atom stereocenters. The third-order valence-corrected chi connectivity index (χ3v) is 9.00. The number of sulfone groups is 2. The number of nitrogens with zero attached hydrogens (tertiary/aromatic N) is 2. The van der Waals surface area contributed by atoms with Crippen LogP contribution in [-0.4, -0.2) is 70.1 Å². The minimum atomic E-state index is -3.19. The van der Waals surface area contributed by atoms with E-state index < -0.39 is 24.4 Å². The van der Waals surface area contributed by atoms with Gasteiger partial charge in [0.1, 0.15) is 0 Å². The largest absolute Gasteiger partial charge is 0.357 e. The summed E-state index contributed by atoms with van der Waals surface area (Å²) in [5.41, 5.74) is 0.788. The van der Waals surface area contributed by atoms with Gasteiger partial charge in [0, 0.05) is 26.2 Å². The second kappa shape index (κ2) is 10.9. The van der Waals surface area contributed by atoms with Gasteiger partial charge in [-0.05, 0) is 32.8 Å². The molecule has 0 bridgehead atoms. The Hall–Kier alpha value is -0.880. The predicted octanol–water partition coefficient (Wildman–Crippen LogP) is 2.08. The quantitative estimate of drug-likeness (QED) is 0.239. The zero-order valence-corrected chi connectivity index (χ0v) is 21.3. The average molecular weight is 558 g/mol. The van der Waals surface area contributed by atoms with E-state index in [4.69, 9.17) is 0 Å². The summed E-state index contributed by atoms with van der Waals surface area (Å²) >= 11 is 0. The fourth-order valence-electron chi connectivity index (χ4n) is 3.12. The van der Waals surface area contributed by atoms with Crippen LogP contribution in [0.25, 0.3) is 0 Å². The number of nitrogens with one attached hydrogen (secondary N) is 1. The fraction of sp³-hybridized carbons (Fsp3) is 0.632. The molecule has 1 heterocycles. The molecule has 1 fully saturated rings. The van der Waals surface area contributed by atoms with E-state index in [9.17, 15) is 16.8 Å². The van der Waals surface area contributed by atoms with E-state index in [-0.39, 0.29) is 41.2 Å². The Balaban J connectivity index is 0.00000420. The highest BCUT2D eigenvalue weighted by Gasteiger charge is 2.40. The van der Waals surface area contributed by atoms with Crippen molar-refractivity contribution in [3.63, 3.8) is 0 Å². The van der Waals surface area contributed by atoms with Gasteiger partial charge in [-0.25, -0.2) is 16.8 Å². The Labute approximate surface area is 192 Å². The van der Waals surface area contributed by atoms with Crippen LogP contribution in [0.15, 0.2) is 35.3 Å². The molecule has 10 heteroatoms. The van der Waals surface area contributed by atoms with Crippen molar-refractivity contribution < 1.29 is 16.8 Å². The second-order valence-electron chi connectivity index (χ2n) is 7.67. The van der Waals surface area contributed by atoms with Crippen LogP contribution in [0.4, 0.5) is 0 Å². The first-order chi connectivity index (χ1) is 13.1. The summed E-state index contributed by atoms with van der Waals surface area (Å²) in [5, 5.41) is 3.19. The molecule has 0 unspecified atom stereocenters. The van der Waals surface area contributed by atoms with Gasteiger partial charge in [0.2, 0.25) is 0 Å². The number of benzene rings is 1. The molecule has 1 saturated heterocycles. The lowest BCUT2D eigenvalue weighted by Crippen LogP contribution is -2.57. The predicted molar refractivity (Wildman–Crippen MR) is 129 cm³/mol. The lowest BCUT2D eigenvalue weighted by Gasteiger charge is -2.39. The van der Waals surface area contributed by atoms with Crippen LogP contribution < -0.4 is 5.32 Å². The summed E-state index contributed by atoms with van der Waals surface area (Å²) in [7, 11) is -6.31. The molecule has 0 spiro atoms. The van der Waals surface area contributed by atoms with Gasteiger partial charge in [0.15, 0.2) is 25.6 Å². The van der Waals surface area contributed by atoms with Crippen LogP contribution in [0.2, 0.25) is 0 Å².